The molecule has 0 unspecified atom stereocenters. The highest BCUT2D eigenvalue weighted by Crippen LogP contribution is 2.24. The first-order valence-electron chi connectivity index (χ1n) is 5.14. The maximum Gasteiger partial charge on any atom is 0.159 e. The lowest BCUT2D eigenvalue weighted by Gasteiger charge is -2.03. The standard InChI is InChI=1S/C14H10ClFO/c1-9(17)10-2-4-11(5-3-10)12-6-7-13(15)14(16)8-12/h2-8H,1H3. The fraction of sp³-hybridized carbons (Fsp3) is 0.0714. The van der Waals surface area contributed by atoms with Gasteiger partial charge in [-0.1, -0.05) is 41.9 Å². The Morgan fingerprint density at radius 3 is 2.18 bits per heavy atom. The molecule has 2 rings (SSSR count). The number of rotatable bonds is 2. The molecule has 0 amide bonds. The highest BCUT2D eigenvalue weighted by atomic mass is 35.5. The molecule has 2 aromatic rings. The molecule has 0 aromatic heterocycles. The van der Waals surface area contributed by atoms with Gasteiger partial charge < -0.3 is 0 Å². The van der Waals surface area contributed by atoms with Crippen LogP contribution in [0, 0.1) is 5.82 Å². The summed E-state index contributed by atoms with van der Waals surface area (Å²) in [4.78, 5) is 11.1. The molecule has 3 heteroatoms. The van der Waals surface area contributed by atoms with E-state index in [-0.39, 0.29) is 10.8 Å². The third kappa shape index (κ3) is 2.53. The Hall–Kier alpha value is -1.67. The van der Waals surface area contributed by atoms with Gasteiger partial charge in [0.25, 0.3) is 0 Å². The SMILES string of the molecule is CC(=O)c1ccc(-c2ccc(Cl)c(F)c2)cc1. The monoisotopic (exact) mass is 248 g/mol. The van der Waals surface area contributed by atoms with Crippen molar-refractivity contribution in [3.8, 4) is 11.1 Å². The van der Waals surface area contributed by atoms with Gasteiger partial charge in [-0.2, -0.15) is 0 Å². The molecule has 0 spiro atoms. The second-order valence-corrected chi connectivity index (χ2v) is 4.17. The van der Waals surface area contributed by atoms with E-state index in [0.717, 1.165) is 11.1 Å². The van der Waals surface area contributed by atoms with E-state index < -0.39 is 5.82 Å². The van der Waals surface area contributed by atoms with Crippen LogP contribution < -0.4 is 0 Å². The molecule has 0 saturated heterocycles. The smallest absolute Gasteiger partial charge is 0.159 e. The molecule has 0 fully saturated rings. The van der Waals surface area contributed by atoms with Crippen molar-refractivity contribution in [1.82, 2.24) is 0 Å². The number of carbonyl (C=O) groups is 1. The average molecular weight is 249 g/mol. The minimum atomic E-state index is -0.445. The van der Waals surface area contributed by atoms with Crippen LogP contribution in [0.15, 0.2) is 42.5 Å². The summed E-state index contributed by atoms with van der Waals surface area (Å²) in [5.74, 6) is -0.432. The summed E-state index contributed by atoms with van der Waals surface area (Å²) in [6, 6.07) is 11.7. The van der Waals surface area contributed by atoms with Gasteiger partial charge in [-0.25, -0.2) is 4.39 Å². The number of hydrogen-bond donors (Lipinski definition) is 0. The van der Waals surface area contributed by atoms with Crippen LogP contribution in [-0.4, -0.2) is 5.78 Å². The molecule has 86 valence electrons. The molecule has 2 aromatic carbocycles. The fourth-order valence-corrected chi connectivity index (χ4v) is 1.69. The lowest BCUT2D eigenvalue weighted by atomic mass is 10.0. The maximum atomic E-state index is 13.3. The molecule has 0 bridgehead atoms. The summed E-state index contributed by atoms with van der Waals surface area (Å²) in [6.45, 7) is 1.51. The van der Waals surface area contributed by atoms with E-state index in [2.05, 4.69) is 0 Å². The van der Waals surface area contributed by atoms with Crippen LogP contribution >= 0.6 is 11.6 Å². The third-order valence-electron chi connectivity index (χ3n) is 2.54. The highest BCUT2D eigenvalue weighted by molar-refractivity contribution is 6.30. The third-order valence-corrected chi connectivity index (χ3v) is 2.85. The zero-order chi connectivity index (χ0) is 12.4. The predicted octanol–water partition coefficient (Wildman–Crippen LogP) is 4.35. The van der Waals surface area contributed by atoms with Gasteiger partial charge in [-0.05, 0) is 30.2 Å². The van der Waals surface area contributed by atoms with Gasteiger partial charge >= 0.3 is 0 Å². The van der Waals surface area contributed by atoms with E-state index in [0.29, 0.717) is 5.56 Å². The molecule has 0 atom stereocenters. The summed E-state index contributed by atoms with van der Waals surface area (Å²) in [5.41, 5.74) is 2.23. The second kappa shape index (κ2) is 4.68. The van der Waals surface area contributed by atoms with Crippen molar-refractivity contribution >= 4 is 17.4 Å². The second-order valence-electron chi connectivity index (χ2n) is 3.76. The molecule has 0 saturated carbocycles. The minimum Gasteiger partial charge on any atom is -0.295 e. The first kappa shape index (κ1) is 11.8. The van der Waals surface area contributed by atoms with E-state index >= 15 is 0 Å². The zero-order valence-electron chi connectivity index (χ0n) is 9.21. The van der Waals surface area contributed by atoms with Gasteiger partial charge in [-0.3, -0.25) is 4.79 Å². The maximum absolute atomic E-state index is 13.3. The van der Waals surface area contributed by atoms with Gasteiger partial charge in [0.2, 0.25) is 0 Å². The van der Waals surface area contributed by atoms with Crippen LogP contribution in [0.1, 0.15) is 17.3 Å². The zero-order valence-corrected chi connectivity index (χ0v) is 9.96. The van der Waals surface area contributed by atoms with E-state index in [4.69, 9.17) is 11.6 Å². The van der Waals surface area contributed by atoms with Crippen LogP contribution in [0.3, 0.4) is 0 Å². The average Bonchev–Trinajstić information content (AvgIpc) is 2.33. The summed E-state index contributed by atoms with van der Waals surface area (Å²) >= 11 is 5.62. The lowest BCUT2D eigenvalue weighted by molar-refractivity contribution is 0.101. The lowest BCUT2D eigenvalue weighted by Crippen LogP contribution is -1.91. The van der Waals surface area contributed by atoms with Crippen LogP contribution in [0.25, 0.3) is 11.1 Å². The van der Waals surface area contributed by atoms with E-state index in [9.17, 15) is 9.18 Å². The number of benzene rings is 2. The largest absolute Gasteiger partial charge is 0.295 e. The van der Waals surface area contributed by atoms with Crippen LogP contribution in [0.4, 0.5) is 4.39 Å². The van der Waals surface area contributed by atoms with Gasteiger partial charge in [0, 0.05) is 5.56 Å². The van der Waals surface area contributed by atoms with Gasteiger partial charge in [-0.15, -0.1) is 0 Å². The predicted molar refractivity (Wildman–Crippen MR) is 66.9 cm³/mol. The van der Waals surface area contributed by atoms with E-state index in [1.54, 1.807) is 30.3 Å². The van der Waals surface area contributed by atoms with E-state index in [1.807, 2.05) is 0 Å². The molecular formula is C14H10ClFO. The first-order chi connectivity index (χ1) is 8.08. The van der Waals surface area contributed by atoms with Crippen molar-refractivity contribution < 1.29 is 9.18 Å². The van der Waals surface area contributed by atoms with Crippen LogP contribution in [0.2, 0.25) is 5.02 Å². The first-order valence-corrected chi connectivity index (χ1v) is 5.52. The Morgan fingerprint density at radius 2 is 1.65 bits per heavy atom. The summed E-state index contributed by atoms with van der Waals surface area (Å²) in [6.07, 6.45) is 0. The highest BCUT2D eigenvalue weighted by Gasteiger charge is 2.04. The Morgan fingerprint density at radius 1 is 1.06 bits per heavy atom. The minimum absolute atomic E-state index is 0.0128. The molecular weight excluding hydrogens is 239 g/mol. The number of ketones is 1. The Bertz CT molecular complexity index is 561. The van der Waals surface area contributed by atoms with Crippen molar-refractivity contribution in [2.24, 2.45) is 0 Å². The molecule has 0 radical (unpaired) electrons. The topological polar surface area (TPSA) is 17.1 Å². The number of carbonyl (C=O) groups excluding carboxylic acids is 1. The number of hydrogen-bond acceptors (Lipinski definition) is 1. The number of Topliss-reactive ketones (excluding diaryl/α,β-unsaturated/α-hetero) is 1. The summed E-state index contributed by atoms with van der Waals surface area (Å²) in [5, 5.41) is 0.106. The molecule has 0 aliphatic carbocycles. The van der Waals surface area contributed by atoms with Crippen molar-refractivity contribution in [3.63, 3.8) is 0 Å². The van der Waals surface area contributed by atoms with Gasteiger partial charge in [0.1, 0.15) is 5.82 Å². The van der Waals surface area contributed by atoms with Crippen molar-refractivity contribution in [3.05, 3.63) is 58.9 Å². The van der Waals surface area contributed by atoms with Gasteiger partial charge in [0.05, 0.1) is 5.02 Å². The normalized spacial score (nSPS) is 10.3. The molecule has 0 aliphatic heterocycles. The number of halogens is 2. The van der Waals surface area contributed by atoms with Crippen LogP contribution in [0.5, 0.6) is 0 Å². The Kier molecular flexibility index (Phi) is 3.25. The van der Waals surface area contributed by atoms with E-state index in [1.165, 1.54) is 19.1 Å². The van der Waals surface area contributed by atoms with Crippen LogP contribution in [-0.2, 0) is 0 Å². The van der Waals surface area contributed by atoms with Crippen molar-refractivity contribution in [2.75, 3.05) is 0 Å². The molecule has 17 heavy (non-hydrogen) atoms. The molecule has 0 N–H and O–H groups in total. The van der Waals surface area contributed by atoms with Crippen molar-refractivity contribution in [2.45, 2.75) is 6.92 Å². The Balaban J connectivity index is 2.39. The molecule has 1 nitrogen and oxygen atoms in total. The summed E-state index contributed by atoms with van der Waals surface area (Å²) in [7, 11) is 0. The van der Waals surface area contributed by atoms with Crippen molar-refractivity contribution in [1.29, 1.82) is 0 Å². The Labute approximate surface area is 104 Å². The fourth-order valence-electron chi connectivity index (χ4n) is 1.57. The molecule has 0 heterocycles. The molecule has 0 aliphatic rings. The quantitative estimate of drug-likeness (QED) is 0.722. The van der Waals surface area contributed by atoms with Gasteiger partial charge in [0.15, 0.2) is 5.78 Å². The summed E-state index contributed by atoms with van der Waals surface area (Å²) < 4.78 is 13.3.